The number of methoxy groups -OCH3 is 1. The summed E-state index contributed by atoms with van der Waals surface area (Å²) in [5.74, 6) is 0.444. The summed E-state index contributed by atoms with van der Waals surface area (Å²) < 4.78 is 4.83. The molecule has 0 N–H and O–H groups in total. The van der Waals surface area contributed by atoms with Crippen LogP contribution < -0.4 is 0 Å². The van der Waals surface area contributed by atoms with E-state index >= 15 is 0 Å². The number of aromatic nitrogens is 1. The largest absolute Gasteiger partial charge is 0.465 e. The van der Waals surface area contributed by atoms with Crippen molar-refractivity contribution in [2.24, 2.45) is 5.92 Å². The standard InChI is InChI=1S/C15H17NO2/c1-18-15(17)12-6-7-16-14-9-11(8-13(12)14)10-4-2-3-5-10/h6-7,9-10H,2-5,8H2,1H3. The van der Waals surface area contributed by atoms with E-state index in [2.05, 4.69) is 11.1 Å². The fraction of sp³-hybridized carbons (Fsp3) is 0.467. The molecule has 3 heteroatoms. The van der Waals surface area contributed by atoms with E-state index in [1.165, 1.54) is 38.4 Å². The predicted molar refractivity (Wildman–Crippen MR) is 69.2 cm³/mol. The maximum Gasteiger partial charge on any atom is 0.338 e. The lowest BCUT2D eigenvalue weighted by Gasteiger charge is -2.10. The first-order chi connectivity index (χ1) is 8.79. The molecule has 0 saturated heterocycles. The molecule has 3 rings (SSSR count). The van der Waals surface area contributed by atoms with Crippen LogP contribution in [0.4, 0.5) is 0 Å². The molecule has 0 bridgehead atoms. The molecule has 1 aromatic heterocycles. The van der Waals surface area contributed by atoms with Gasteiger partial charge in [-0.2, -0.15) is 0 Å². The Hall–Kier alpha value is -1.64. The monoisotopic (exact) mass is 243 g/mol. The Labute approximate surface area is 107 Å². The Balaban J connectivity index is 1.91. The van der Waals surface area contributed by atoms with Crippen LogP contribution in [0.1, 0.15) is 47.3 Å². The maximum absolute atomic E-state index is 11.7. The molecular weight excluding hydrogens is 226 g/mol. The number of carbonyl (C=O) groups is 1. The van der Waals surface area contributed by atoms with Gasteiger partial charge in [0.2, 0.25) is 0 Å². The number of rotatable bonds is 2. The second kappa shape index (κ2) is 4.56. The van der Waals surface area contributed by atoms with E-state index < -0.39 is 0 Å². The third kappa shape index (κ3) is 1.84. The van der Waals surface area contributed by atoms with E-state index in [9.17, 15) is 4.79 Å². The molecule has 0 amide bonds. The van der Waals surface area contributed by atoms with Crippen LogP contribution in [-0.2, 0) is 11.2 Å². The second-order valence-corrected chi connectivity index (χ2v) is 5.09. The van der Waals surface area contributed by atoms with Crippen molar-refractivity contribution in [3.8, 4) is 0 Å². The fourth-order valence-electron chi connectivity index (χ4n) is 3.11. The SMILES string of the molecule is COC(=O)c1ccnc2c1CC(C1CCCC1)=C2. The molecule has 0 aromatic carbocycles. The summed E-state index contributed by atoms with van der Waals surface area (Å²) in [5.41, 5.74) is 4.13. The van der Waals surface area contributed by atoms with Crippen LogP contribution in [0.2, 0.25) is 0 Å². The number of pyridine rings is 1. The predicted octanol–water partition coefficient (Wildman–Crippen LogP) is 3.00. The van der Waals surface area contributed by atoms with Gasteiger partial charge in [0.05, 0.1) is 18.4 Å². The molecule has 18 heavy (non-hydrogen) atoms. The lowest BCUT2D eigenvalue weighted by Crippen LogP contribution is -2.07. The van der Waals surface area contributed by atoms with Gasteiger partial charge in [-0.05, 0) is 42.9 Å². The Bertz CT molecular complexity index is 513. The second-order valence-electron chi connectivity index (χ2n) is 5.09. The van der Waals surface area contributed by atoms with Crippen LogP contribution in [0.5, 0.6) is 0 Å². The van der Waals surface area contributed by atoms with Gasteiger partial charge >= 0.3 is 5.97 Å². The van der Waals surface area contributed by atoms with Gasteiger partial charge < -0.3 is 4.74 Å². The quantitative estimate of drug-likeness (QED) is 0.749. The van der Waals surface area contributed by atoms with Crippen LogP contribution in [0.25, 0.3) is 6.08 Å². The zero-order valence-electron chi connectivity index (χ0n) is 10.6. The molecule has 94 valence electrons. The molecule has 0 unspecified atom stereocenters. The summed E-state index contributed by atoms with van der Waals surface area (Å²) in [6.07, 6.45) is 9.97. The van der Waals surface area contributed by atoms with Crippen molar-refractivity contribution in [3.63, 3.8) is 0 Å². The molecule has 1 aromatic rings. The molecule has 2 aliphatic carbocycles. The van der Waals surface area contributed by atoms with E-state index in [-0.39, 0.29) is 5.97 Å². The lowest BCUT2D eigenvalue weighted by molar-refractivity contribution is 0.0599. The van der Waals surface area contributed by atoms with Gasteiger partial charge in [-0.15, -0.1) is 0 Å². The third-order valence-corrected chi connectivity index (χ3v) is 4.08. The smallest absolute Gasteiger partial charge is 0.338 e. The zero-order valence-corrected chi connectivity index (χ0v) is 10.6. The molecular formula is C15H17NO2. The Morgan fingerprint density at radius 3 is 2.89 bits per heavy atom. The molecule has 2 aliphatic rings. The Morgan fingerprint density at radius 1 is 1.39 bits per heavy atom. The fourth-order valence-corrected chi connectivity index (χ4v) is 3.11. The van der Waals surface area contributed by atoms with Crippen molar-refractivity contribution in [2.75, 3.05) is 7.11 Å². The van der Waals surface area contributed by atoms with E-state index in [1.54, 1.807) is 12.3 Å². The molecule has 1 fully saturated rings. The topological polar surface area (TPSA) is 39.2 Å². The summed E-state index contributed by atoms with van der Waals surface area (Å²) in [6, 6.07) is 1.76. The van der Waals surface area contributed by atoms with Crippen molar-refractivity contribution in [3.05, 3.63) is 34.7 Å². The minimum absolute atomic E-state index is 0.255. The summed E-state index contributed by atoms with van der Waals surface area (Å²) in [5, 5.41) is 0. The first-order valence-corrected chi connectivity index (χ1v) is 6.56. The van der Waals surface area contributed by atoms with Gasteiger partial charge in [0.1, 0.15) is 0 Å². The minimum atomic E-state index is -0.255. The highest BCUT2D eigenvalue weighted by atomic mass is 16.5. The summed E-state index contributed by atoms with van der Waals surface area (Å²) >= 11 is 0. The van der Waals surface area contributed by atoms with Crippen LogP contribution in [-0.4, -0.2) is 18.1 Å². The van der Waals surface area contributed by atoms with Crippen LogP contribution >= 0.6 is 0 Å². The summed E-state index contributed by atoms with van der Waals surface area (Å²) in [6.45, 7) is 0. The Kier molecular flexibility index (Phi) is 2.90. The number of ether oxygens (including phenoxy) is 1. The molecule has 0 aliphatic heterocycles. The van der Waals surface area contributed by atoms with Crippen LogP contribution in [0.3, 0.4) is 0 Å². The molecule has 1 heterocycles. The highest BCUT2D eigenvalue weighted by Gasteiger charge is 2.27. The first kappa shape index (κ1) is 11.5. The summed E-state index contributed by atoms with van der Waals surface area (Å²) in [4.78, 5) is 16.1. The number of esters is 1. The van der Waals surface area contributed by atoms with E-state index in [0.717, 1.165) is 17.7 Å². The van der Waals surface area contributed by atoms with Gasteiger partial charge in [-0.1, -0.05) is 18.4 Å². The summed E-state index contributed by atoms with van der Waals surface area (Å²) in [7, 11) is 1.43. The molecule has 3 nitrogen and oxygen atoms in total. The first-order valence-electron chi connectivity index (χ1n) is 6.56. The van der Waals surface area contributed by atoms with Gasteiger partial charge in [0.15, 0.2) is 0 Å². The normalized spacial score (nSPS) is 18.6. The van der Waals surface area contributed by atoms with E-state index in [1.807, 2.05) is 0 Å². The van der Waals surface area contributed by atoms with E-state index in [0.29, 0.717) is 11.5 Å². The average molecular weight is 243 g/mol. The van der Waals surface area contributed by atoms with E-state index in [4.69, 9.17) is 4.74 Å². The Morgan fingerprint density at radius 2 is 2.17 bits per heavy atom. The number of allylic oxidation sites excluding steroid dienone is 1. The zero-order chi connectivity index (χ0) is 12.5. The van der Waals surface area contributed by atoms with Crippen molar-refractivity contribution in [2.45, 2.75) is 32.1 Å². The molecule has 0 atom stereocenters. The van der Waals surface area contributed by atoms with Gasteiger partial charge in [0, 0.05) is 6.20 Å². The van der Waals surface area contributed by atoms with Crippen LogP contribution in [0.15, 0.2) is 17.8 Å². The van der Waals surface area contributed by atoms with Crippen molar-refractivity contribution in [1.29, 1.82) is 0 Å². The number of carbonyl (C=O) groups excluding carboxylic acids is 1. The lowest BCUT2D eigenvalue weighted by atomic mass is 9.95. The highest BCUT2D eigenvalue weighted by molar-refractivity contribution is 5.92. The van der Waals surface area contributed by atoms with Crippen molar-refractivity contribution >= 4 is 12.0 Å². The molecule has 0 radical (unpaired) electrons. The van der Waals surface area contributed by atoms with Crippen LogP contribution in [0, 0.1) is 5.92 Å². The molecule has 0 spiro atoms. The van der Waals surface area contributed by atoms with Crippen molar-refractivity contribution in [1.82, 2.24) is 4.98 Å². The average Bonchev–Trinajstić information content (AvgIpc) is 3.04. The minimum Gasteiger partial charge on any atom is -0.465 e. The van der Waals surface area contributed by atoms with Gasteiger partial charge in [-0.25, -0.2) is 4.79 Å². The number of nitrogens with zero attached hydrogens (tertiary/aromatic N) is 1. The maximum atomic E-state index is 11.7. The number of fused-ring (bicyclic) bond motifs is 1. The highest BCUT2D eigenvalue weighted by Crippen LogP contribution is 2.38. The number of hydrogen-bond donors (Lipinski definition) is 0. The molecule has 1 saturated carbocycles. The third-order valence-electron chi connectivity index (χ3n) is 4.08. The van der Waals surface area contributed by atoms with Gasteiger partial charge in [-0.3, -0.25) is 4.98 Å². The van der Waals surface area contributed by atoms with Gasteiger partial charge in [0.25, 0.3) is 0 Å². The van der Waals surface area contributed by atoms with Crippen molar-refractivity contribution < 1.29 is 9.53 Å². The number of hydrogen-bond acceptors (Lipinski definition) is 3.